The Morgan fingerprint density at radius 3 is 1.93 bits per heavy atom. The van der Waals surface area contributed by atoms with E-state index in [9.17, 15) is 24.0 Å². The fourth-order valence-electron chi connectivity index (χ4n) is 2.16. The van der Waals surface area contributed by atoms with Gasteiger partial charge < -0.3 is 42.7 Å². The Hall–Kier alpha value is -2.77. The predicted molar refractivity (Wildman–Crippen MR) is 99.3 cm³/mol. The van der Waals surface area contributed by atoms with Crippen LogP contribution in [-0.2, 0) is 24.0 Å². The molecule has 166 valence electrons. The fraction of sp³-hybridized carbons (Fsp3) is 0.688. The molecule has 0 aromatic heterocycles. The Morgan fingerprint density at radius 2 is 1.45 bits per heavy atom. The quantitative estimate of drug-likeness (QED) is 0.129. The number of nitrogens with one attached hydrogen (secondary N) is 3. The molecule has 0 bridgehead atoms. The molecule has 0 heterocycles. The lowest BCUT2D eigenvalue weighted by Crippen LogP contribution is -2.57. The van der Waals surface area contributed by atoms with Crippen LogP contribution in [0.4, 0.5) is 0 Å². The third-order valence-corrected chi connectivity index (χ3v) is 3.85. The number of rotatable bonds is 14. The summed E-state index contributed by atoms with van der Waals surface area (Å²) in [6.45, 7) is 0.859. The molecular formula is C16H29N5O8. The summed E-state index contributed by atoms with van der Waals surface area (Å²) in [6.07, 6.45) is 0.292. The molecule has 0 radical (unpaired) electrons. The molecule has 0 spiro atoms. The van der Waals surface area contributed by atoms with E-state index in [0.29, 0.717) is 19.4 Å². The number of aliphatic hydroxyl groups excluding tert-OH is 1. The van der Waals surface area contributed by atoms with Crippen molar-refractivity contribution in [1.82, 2.24) is 16.0 Å². The highest BCUT2D eigenvalue weighted by Gasteiger charge is 2.30. The maximum Gasteiger partial charge on any atom is 0.325 e. The molecule has 10 N–H and O–H groups in total. The first kappa shape index (κ1) is 26.2. The average molecular weight is 419 g/mol. The zero-order chi connectivity index (χ0) is 22.6. The first-order chi connectivity index (χ1) is 13.5. The van der Waals surface area contributed by atoms with Crippen LogP contribution in [0, 0.1) is 0 Å². The van der Waals surface area contributed by atoms with Crippen molar-refractivity contribution in [2.45, 2.75) is 56.8 Å². The fourth-order valence-corrected chi connectivity index (χ4v) is 2.16. The van der Waals surface area contributed by atoms with E-state index in [4.69, 9.17) is 26.8 Å². The highest BCUT2D eigenvalue weighted by atomic mass is 16.4. The SMILES string of the molecule is CC(NC(=O)C(CCCCN)NC(=O)C(CC(=O)O)NC(=O)C(N)CO)C(=O)O. The molecule has 29 heavy (non-hydrogen) atoms. The molecule has 0 aromatic carbocycles. The lowest BCUT2D eigenvalue weighted by molar-refractivity contribution is -0.143. The number of nitrogens with two attached hydrogens (primary N) is 2. The normalized spacial score (nSPS) is 14.8. The van der Waals surface area contributed by atoms with Gasteiger partial charge in [0.2, 0.25) is 17.7 Å². The van der Waals surface area contributed by atoms with Crippen LogP contribution >= 0.6 is 0 Å². The zero-order valence-electron chi connectivity index (χ0n) is 16.1. The van der Waals surface area contributed by atoms with Crippen LogP contribution < -0.4 is 27.4 Å². The Labute approximate surface area is 167 Å². The largest absolute Gasteiger partial charge is 0.481 e. The van der Waals surface area contributed by atoms with Gasteiger partial charge in [-0.15, -0.1) is 0 Å². The third kappa shape index (κ3) is 10.4. The van der Waals surface area contributed by atoms with E-state index in [0.717, 1.165) is 0 Å². The van der Waals surface area contributed by atoms with E-state index < -0.39 is 66.9 Å². The third-order valence-electron chi connectivity index (χ3n) is 3.85. The van der Waals surface area contributed by atoms with Crippen molar-refractivity contribution in [3.8, 4) is 0 Å². The van der Waals surface area contributed by atoms with Crippen LogP contribution in [0.25, 0.3) is 0 Å². The molecule has 0 aromatic rings. The molecule has 13 heteroatoms. The van der Waals surface area contributed by atoms with Gasteiger partial charge in [-0.1, -0.05) is 0 Å². The Kier molecular flexibility index (Phi) is 12.1. The van der Waals surface area contributed by atoms with Crippen LogP contribution in [0.3, 0.4) is 0 Å². The van der Waals surface area contributed by atoms with Crippen molar-refractivity contribution < 1.29 is 39.3 Å². The summed E-state index contributed by atoms with van der Waals surface area (Å²) in [5, 5.41) is 33.4. The summed E-state index contributed by atoms with van der Waals surface area (Å²) in [5.41, 5.74) is 10.7. The minimum absolute atomic E-state index is 0.116. The van der Waals surface area contributed by atoms with Crippen molar-refractivity contribution >= 4 is 29.7 Å². The highest BCUT2D eigenvalue weighted by molar-refractivity contribution is 5.95. The lowest BCUT2D eigenvalue weighted by Gasteiger charge is -2.24. The molecule has 3 amide bonds. The first-order valence-electron chi connectivity index (χ1n) is 8.95. The standard InChI is InChI=1S/C16H29N5O8/c1-8(16(28)29)19-14(26)10(4-2-3-5-17)20-15(27)11(6-12(23)24)21-13(25)9(18)7-22/h8-11,22H,2-7,17-18H2,1H3,(H,19,26)(H,20,27)(H,21,25)(H,23,24)(H,28,29). The Morgan fingerprint density at radius 1 is 0.897 bits per heavy atom. The van der Waals surface area contributed by atoms with Crippen molar-refractivity contribution in [1.29, 1.82) is 0 Å². The van der Waals surface area contributed by atoms with Gasteiger partial charge in [-0.2, -0.15) is 0 Å². The van der Waals surface area contributed by atoms with E-state index in [-0.39, 0.29) is 6.42 Å². The molecule has 13 nitrogen and oxygen atoms in total. The van der Waals surface area contributed by atoms with Crippen LogP contribution in [0.15, 0.2) is 0 Å². The second kappa shape index (κ2) is 13.4. The number of carboxylic acids is 2. The van der Waals surface area contributed by atoms with Gasteiger partial charge in [0, 0.05) is 0 Å². The van der Waals surface area contributed by atoms with Gasteiger partial charge in [-0.25, -0.2) is 0 Å². The summed E-state index contributed by atoms with van der Waals surface area (Å²) in [4.78, 5) is 58.5. The van der Waals surface area contributed by atoms with Crippen LogP contribution in [0.1, 0.15) is 32.6 Å². The Balaban J connectivity index is 5.30. The number of aliphatic hydroxyl groups is 1. The van der Waals surface area contributed by atoms with Crippen molar-refractivity contribution in [2.24, 2.45) is 11.5 Å². The van der Waals surface area contributed by atoms with E-state index in [1.807, 2.05) is 0 Å². The molecule has 0 aliphatic carbocycles. The molecular weight excluding hydrogens is 390 g/mol. The van der Waals surface area contributed by atoms with Gasteiger partial charge in [0.05, 0.1) is 13.0 Å². The second-order valence-electron chi connectivity index (χ2n) is 6.36. The first-order valence-corrected chi connectivity index (χ1v) is 8.95. The molecule has 0 saturated heterocycles. The van der Waals surface area contributed by atoms with Crippen molar-refractivity contribution in [3.63, 3.8) is 0 Å². The van der Waals surface area contributed by atoms with Crippen LogP contribution in [-0.4, -0.2) is 82.3 Å². The number of unbranched alkanes of at least 4 members (excludes halogenated alkanes) is 1. The van der Waals surface area contributed by atoms with Crippen LogP contribution in [0.2, 0.25) is 0 Å². The maximum atomic E-state index is 12.5. The summed E-state index contributed by atoms with van der Waals surface area (Å²) in [5.74, 6) is -5.37. The molecule has 0 aliphatic rings. The molecule has 4 unspecified atom stereocenters. The smallest absolute Gasteiger partial charge is 0.325 e. The highest BCUT2D eigenvalue weighted by Crippen LogP contribution is 2.04. The van der Waals surface area contributed by atoms with Gasteiger partial charge in [0.1, 0.15) is 24.2 Å². The minimum atomic E-state index is -1.56. The van der Waals surface area contributed by atoms with Gasteiger partial charge >= 0.3 is 11.9 Å². The van der Waals surface area contributed by atoms with E-state index in [1.54, 1.807) is 0 Å². The summed E-state index contributed by atoms with van der Waals surface area (Å²) >= 11 is 0. The monoisotopic (exact) mass is 419 g/mol. The van der Waals surface area contributed by atoms with Gasteiger partial charge in [-0.3, -0.25) is 24.0 Å². The number of amides is 3. The molecule has 0 aliphatic heterocycles. The number of carbonyl (C=O) groups excluding carboxylic acids is 3. The molecule has 4 atom stereocenters. The Bertz CT molecular complexity index is 600. The number of hydrogen-bond donors (Lipinski definition) is 8. The summed E-state index contributed by atoms with van der Waals surface area (Å²) < 4.78 is 0. The maximum absolute atomic E-state index is 12.5. The molecule has 0 fully saturated rings. The number of carboxylic acid groups (broad SMARTS) is 2. The summed E-state index contributed by atoms with van der Waals surface area (Å²) in [6, 6.07) is -5.30. The van der Waals surface area contributed by atoms with E-state index in [2.05, 4.69) is 16.0 Å². The predicted octanol–water partition coefficient (Wildman–Crippen LogP) is -3.53. The summed E-state index contributed by atoms with van der Waals surface area (Å²) in [7, 11) is 0. The zero-order valence-corrected chi connectivity index (χ0v) is 16.1. The molecule has 0 saturated carbocycles. The topological polar surface area (TPSA) is 234 Å². The average Bonchev–Trinajstić information content (AvgIpc) is 2.65. The van der Waals surface area contributed by atoms with E-state index >= 15 is 0 Å². The van der Waals surface area contributed by atoms with Gasteiger partial charge in [-0.05, 0) is 32.7 Å². The van der Waals surface area contributed by atoms with Gasteiger partial charge in [0.25, 0.3) is 0 Å². The number of carbonyl (C=O) groups is 5. The second-order valence-corrected chi connectivity index (χ2v) is 6.36. The number of hydrogen-bond acceptors (Lipinski definition) is 8. The minimum Gasteiger partial charge on any atom is -0.481 e. The number of aliphatic carboxylic acids is 2. The molecule has 0 rings (SSSR count). The van der Waals surface area contributed by atoms with E-state index in [1.165, 1.54) is 6.92 Å². The van der Waals surface area contributed by atoms with Gasteiger partial charge in [0.15, 0.2) is 0 Å². The van der Waals surface area contributed by atoms with Crippen LogP contribution in [0.5, 0.6) is 0 Å². The lowest BCUT2D eigenvalue weighted by atomic mass is 10.1. The van der Waals surface area contributed by atoms with Crippen molar-refractivity contribution in [3.05, 3.63) is 0 Å². The van der Waals surface area contributed by atoms with Crippen molar-refractivity contribution in [2.75, 3.05) is 13.2 Å².